The summed E-state index contributed by atoms with van der Waals surface area (Å²) in [5, 5.41) is 12.2. The van der Waals surface area contributed by atoms with E-state index >= 15 is 0 Å². The first-order valence-electron chi connectivity index (χ1n) is 9.75. The fraction of sp³-hybridized carbons (Fsp3) is 0.364. The average molecular weight is 412 g/mol. The Morgan fingerprint density at radius 2 is 1.76 bits per heavy atom. The summed E-state index contributed by atoms with van der Waals surface area (Å²) in [7, 11) is -3.74. The molecule has 7 heteroatoms. The molecule has 6 nitrogen and oxygen atoms in total. The van der Waals surface area contributed by atoms with Crippen molar-refractivity contribution in [3.8, 4) is 6.07 Å². The van der Waals surface area contributed by atoms with Crippen molar-refractivity contribution in [1.82, 2.24) is 9.62 Å². The molecule has 3 rings (SSSR count). The van der Waals surface area contributed by atoms with Crippen LogP contribution in [0.2, 0.25) is 0 Å². The fourth-order valence-corrected chi connectivity index (χ4v) is 5.19. The average Bonchev–Trinajstić information content (AvgIpc) is 2.77. The molecule has 1 saturated heterocycles. The van der Waals surface area contributed by atoms with Crippen LogP contribution in [-0.4, -0.2) is 38.3 Å². The van der Waals surface area contributed by atoms with Gasteiger partial charge in [0.25, 0.3) is 0 Å². The first-order chi connectivity index (χ1) is 13.9. The normalized spacial score (nSPS) is 16.7. The second-order valence-electron chi connectivity index (χ2n) is 7.34. The van der Waals surface area contributed by atoms with Crippen LogP contribution in [0.1, 0.15) is 36.8 Å². The fourth-order valence-electron chi connectivity index (χ4n) is 3.58. The van der Waals surface area contributed by atoms with Crippen LogP contribution in [0.25, 0.3) is 0 Å². The third kappa shape index (κ3) is 4.84. The lowest BCUT2D eigenvalue weighted by atomic mass is 9.96. The van der Waals surface area contributed by atoms with Crippen molar-refractivity contribution in [3.05, 3.63) is 65.7 Å². The van der Waals surface area contributed by atoms with Crippen LogP contribution in [0.4, 0.5) is 0 Å². The third-order valence-electron chi connectivity index (χ3n) is 5.40. The number of nitrogens with one attached hydrogen (secondary N) is 1. The number of amides is 1. The molecule has 152 valence electrons. The molecule has 1 aliphatic rings. The maximum absolute atomic E-state index is 12.9. The number of piperidine rings is 1. The van der Waals surface area contributed by atoms with Crippen LogP contribution in [0.5, 0.6) is 0 Å². The van der Waals surface area contributed by atoms with Gasteiger partial charge in [-0.3, -0.25) is 4.79 Å². The Kier molecular flexibility index (Phi) is 6.68. The molecule has 0 saturated carbocycles. The van der Waals surface area contributed by atoms with Gasteiger partial charge < -0.3 is 5.32 Å². The first-order valence-corrected chi connectivity index (χ1v) is 11.2. The van der Waals surface area contributed by atoms with Gasteiger partial charge in [-0.05, 0) is 36.5 Å². The Morgan fingerprint density at radius 1 is 1.14 bits per heavy atom. The van der Waals surface area contributed by atoms with Gasteiger partial charge in [-0.15, -0.1) is 0 Å². The molecule has 1 atom stereocenters. The number of benzene rings is 2. The molecule has 0 radical (unpaired) electrons. The van der Waals surface area contributed by atoms with Crippen molar-refractivity contribution in [1.29, 1.82) is 5.26 Å². The van der Waals surface area contributed by atoms with E-state index in [1.165, 1.54) is 22.0 Å². The van der Waals surface area contributed by atoms with Crippen LogP contribution in [-0.2, 0) is 14.8 Å². The predicted molar refractivity (Wildman–Crippen MR) is 111 cm³/mol. The van der Waals surface area contributed by atoms with Crippen molar-refractivity contribution in [3.63, 3.8) is 0 Å². The van der Waals surface area contributed by atoms with Crippen LogP contribution in [0.3, 0.4) is 0 Å². The maximum atomic E-state index is 12.9. The van der Waals surface area contributed by atoms with E-state index in [-0.39, 0.29) is 41.3 Å². The second-order valence-corrected chi connectivity index (χ2v) is 9.25. The Bertz CT molecular complexity index is 991. The second kappa shape index (κ2) is 9.21. The molecular weight excluding hydrogens is 386 g/mol. The monoisotopic (exact) mass is 411 g/mol. The highest BCUT2D eigenvalue weighted by Crippen LogP contribution is 2.26. The van der Waals surface area contributed by atoms with Crippen molar-refractivity contribution in [2.75, 3.05) is 19.6 Å². The number of sulfonamides is 1. The largest absolute Gasteiger partial charge is 0.355 e. The summed E-state index contributed by atoms with van der Waals surface area (Å²) in [4.78, 5) is 12.6. The zero-order valence-electron chi connectivity index (χ0n) is 16.4. The van der Waals surface area contributed by atoms with Gasteiger partial charge in [-0.2, -0.15) is 9.57 Å². The number of hydrogen-bond donors (Lipinski definition) is 1. The van der Waals surface area contributed by atoms with Crippen LogP contribution < -0.4 is 5.32 Å². The minimum atomic E-state index is -3.74. The van der Waals surface area contributed by atoms with E-state index in [4.69, 9.17) is 0 Å². The molecule has 0 unspecified atom stereocenters. The van der Waals surface area contributed by atoms with E-state index in [0.29, 0.717) is 19.4 Å². The maximum Gasteiger partial charge on any atom is 0.244 e. The van der Waals surface area contributed by atoms with Gasteiger partial charge in [0.1, 0.15) is 6.07 Å². The summed E-state index contributed by atoms with van der Waals surface area (Å²) in [5.74, 6) is -0.0130. The molecule has 1 heterocycles. The van der Waals surface area contributed by atoms with E-state index in [1.54, 1.807) is 12.1 Å². The number of nitriles is 1. The lowest BCUT2D eigenvalue weighted by molar-refractivity contribution is -0.126. The van der Waals surface area contributed by atoms with Crippen molar-refractivity contribution >= 4 is 15.9 Å². The van der Waals surface area contributed by atoms with Crippen LogP contribution in [0.15, 0.2) is 59.5 Å². The van der Waals surface area contributed by atoms with Crippen LogP contribution >= 0.6 is 0 Å². The first kappa shape index (κ1) is 21.0. The van der Waals surface area contributed by atoms with E-state index in [1.807, 2.05) is 36.4 Å². The lowest BCUT2D eigenvalue weighted by Gasteiger charge is -2.31. The minimum absolute atomic E-state index is 0.0257. The topological polar surface area (TPSA) is 90.3 Å². The lowest BCUT2D eigenvalue weighted by Crippen LogP contribution is -2.43. The molecule has 0 aromatic heterocycles. The van der Waals surface area contributed by atoms with Crippen molar-refractivity contribution in [2.24, 2.45) is 5.92 Å². The molecular formula is C22H25N3O3S. The van der Waals surface area contributed by atoms with E-state index in [9.17, 15) is 18.5 Å². The summed E-state index contributed by atoms with van der Waals surface area (Å²) in [6.07, 6.45) is 0.943. The zero-order valence-corrected chi connectivity index (χ0v) is 17.2. The highest BCUT2D eigenvalue weighted by molar-refractivity contribution is 7.89. The van der Waals surface area contributed by atoms with E-state index < -0.39 is 10.0 Å². The molecule has 1 N–H and O–H groups in total. The van der Waals surface area contributed by atoms with Crippen molar-refractivity contribution < 1.29 is 13.2 Å². The van der Waals surface area contributed by atoms with E-state index in [2.05, 4.69) is 12.2 Å². The van der Waals surface area contributed by atoms with Gasteiger partial charge in [0.05, 0.1) is 10.5 Å². The molecule has 1 amide bonds. The summed E-state index contributed by atoms with van der Waals surface area (Å²) >= 11 is 0. The Labute approximate surface area is 172 Å². The Hall–Kier alpha value is -2.69. The number of hydrogen-bond acceptors (Lipinski definition) is 4. The van der Waals surface area contributed by atoms with Gasteiger partial charge in [0, 0.05) is 25.6 Å². The van der Waals surface area contributed by atoms with Gasteiger partial charge in [-0.25, -0.2) is 8.42 Å². The third-order valence-corrected chi connectivity index (χ3v) is 7.36. The number of rotatable bonds is 6. The summed E-state index contributed by atoms with van der Waals surface area (Å²) in [6, 6.07) is 18.2. The highest BCUT2D eigenvalue weighted by Gasteiger charge is 2.33. The van der Waals surface area contributed by atoms with Gasteiger partial charge in [0.15, 0.2) is 0 Å². The van der Waals surface area contributed by atoms with Gasteiger partial charge >= 0.3 is 0 Å². The van der Waals surface area contributed by atoms with Gasteiger partial charge in [0.2, 0.25) is 15.9 Å². The van der Waals surface area contributed by atoms with E-state index in [0.717, 1.165) is 0 Å². The summed E-state index contributed by atoms with van der Waals surface area (Å²) in [6.45, 7) is 3.16. The molecule has 1 fully saturated rings. The number of carbonyl (C=O) groups is 1. The SMILES string of the molecule is C[C@H](CNC(=O)C1CCN(S(=O)(=O)c2ccccc2C#N)CC1)c1ccccc1. The molecule has 2 aromatic carbocycles. The minimum Gasteiger partial charge on any atom is -0.355 e. The summed E-state index contributed by atoms with van der Waals surface area (Å²) in [5.41, 5.74) is 1.31. The molecule has 29 heavy (non-hydrogen) atoms. The molecule has 1 aliphatic heterocycles. The Balaban J connectivity index is 1.56. The van der Waals surface area contributed by atoms with Crippen LogP contribution in [0, 0.1) is 17.2 Å². The molecule has 0 spiro atoms. The molecule has 2 aromatic rings. The highest BCUT2D eigenvalue weighted by atomic mass is 32.2. The standard InChI is InChI=1S/C22H25N3O3S/c1-17(18-7-3-2-4-8-18)16-24-22(26)19-11-13-25(14-12-19)29(27,28)21-10-6-5-9-20(21)15-23/h2-10,17,19H,11-14,16H2,1H3,(H,24,26)/t17-/m1/s1. The summed E-state index contributed by atoms with van der Waals surface area (Å²) < 4.78 is 27.2. The quantitative estimate of drug-likeness (QED) is 0.791. The molecule has 0 bridgehead atoms. The number of nitrogens with zero attached hydrogens (tertiary/aromatic N) is 2. The van der Waals surface area contributed by atoms with Crippen molar-refractivity contribution in [2.45, 2.75) is 30.6 Å². The smallest absolute Gasteiger partial charge is 0.244 e. The number of carbonyl (C=O) groups excluding carboxylic acids is 1. The molecule has 0 aliphatic carbocycles. The zero-order chi connectivity index (χ0) is 20.9. The Morgan fingerprint density at radius 3 is 2.41 bits per heavy atom. The van der Waals surface area contributed by atoms with Gasteiger partial charge in [-0.1, -0.05) is 49.4 Å². The predicted octanol–water partition coefficient (Wildman–Crippen LogP) is 2.88.